The standard InChI is InChI=1S/C16H20O4/c1-3-11-15(17)12-9-7-5-6-8-10-13-19-14-16(18)20-4-2/h1,5,7,9,12,15,17H,4,10-11,13-14H2,2H3. The van der Waals surface area contributed by atoms with Gasteiger partial charge in [0, 0.05) is 12.8 Å². The molecule has 0 aliphatic carbocycles. The van der Waals surface area contributed by atoms with Gasteiger partial charge in [-0.25, -0.2) is 4.79 Å². The molecule has 0 rings (SSSR count). The lowest BCUT2D eigenvalue weighted by Crippen LogP contribution is -2.12. The van der Waals surface area contributed by atoms with Crippen molar-refractivity contribution in [3.05, 3.63) is 24.3 Å². The van der Waals surface area contributed by atoms with Crippen molar-refractivity contribution in [2.75, 3.05) is 19.8 Å². The Morgan fingerprint density at radius 2 is 2.25 bits per heavy atom. The molecule has 0 radical (unpaired) electrons. The first-order valence-electron chi connectivity index (χ1n) is 6.37. The molecule has 0 aliphatic rings. The number of ether oxygens (including phenoxy) is 2. The zero-order valence-electron chi connectivity index (χ0n) is 11.7. The quantitative estimate of drug-likeness (QED) is 0.315. The SMILES string of the molecule is C#CCC(O)C=CC=CC#CCCOCC(=O)OCC. The van der Waals surface area contributed by atoms with Crippen LogP contribution >= 0.6 is 0 Å². The average molecular weight is 276 g/mol. The summed E-state index contributed by atoms with van der Waals surface area (Å²) in [7, 11) is 0. The summed E-state index contributed by atoms with van der Waals surface area (Å²) in [6.07, 6.45) is 11.9. The van der Waals surface area contributed by atoms with Gasteiger partial charge in [-0.1, -0.05) is 30.1 Å². The highest BCUT2D eigenvalue weighted by atomic mass is 16.6. The first-order valence-corrected chi connectivity index (χ1v) is 6.37. The molecule has 4 heteroatoms. The van der Waals surface area contributed by atoms with E-state index in [1.807, 2.05) is 0 Å². The van der Waals surface area contributed by atoms with E-state index in [9.17, 15) is 9.90 Å². The van der Waals surface area contributed by atoms with Crippen molar-refractivity contribution in [1.29, 1.82) is 0 Å². The highest BCUT2D eigenvalue weighted by Crippen LogP contribution is 1.91. The predicted molar refractivity (Wildman–Crippen MR) is 77.6 cm³/mol. The summed E-state index contributed by atoms with van der Waals surface area (Å²) < 4.78 is 9.77. The summed E-state index contributed by atoms with van der Waals surface area (Å²) in [5, 5.41) is 9.28. The molecular formula is C16H20O4. The van der Waals surface area contributed by atoms with Crippen LogP contribution in [-0.4, -0.2) is 37.0 Å². The molecule has 0 spiro atoms. The van der Waals surface area contributed by atoms with Crippen molar-refractivity contribution in [3.8, 4) is 24.2 Å². The maximum atomic E-state index is 10.9. The molecule has 0 saturated carbocycles. The van der Waals surface area contributed by atoms with Crippen LogP contribution in [0.2, 0.25) is 0 Å². The molecule has 0 fully saturated rings. The van der Waals surface area contributed by atoms with Crippen molar-refractivity contribution >= 4 is 5.97 Å². The van der Waals surface area contributed by atoms with Gasteiger partial charge in [-0.05, 0) is 13.0 Å². The normalized spacial score (nSPS) is 11.8. The molecule has 0 saturated heterocycles. The number of allylic oxidation sites excluding steroid dienone is 3. The first kappa shape index (κ1) is 18.0. The molecule has 4 nitrogen and oxygen atoms in total. The van der Waals surface area contributed by atoms with Gasteiger partial charge in [0.1, 0.15) is 6.61 Å². The van der Waals surface area contributed by atoms with E-state index in [0.717, 1.165) is 0 Å². The molecule has 20 heavy (non-hydrogen) atoms. The molecule has 1 unspecified atom stereocenters. The van der Waals surface area contributed by atoms with Gasteiger partial charge in [0.2, 0.25) is 0 Å². The fourth-order valence-corrected chi connectivity index (χ4v) is 1.10. The Morgan fingerprint density at radius 3 is 2.95 bits per heavy atom. The van der Waals surface area contributed by atoms with E-state index >= 15 is 0 Å². The second-order valence-corrected chi connectivity index (χ2v) is 3.65. The second-order valence-electron chi connectivity index (χ2n) is 3.65. The molecular weight excluding hydrogens is 256 g/mol. The first-order chi connectivity index (χ1) is 9.70. The van der Waals surface area contributed by atoms with Crippen LogP contribution < -0.4 is 0 Å². The number of hydrogen-bond acceptors (Lipinski definition) is 4. The summed E-state index contributed by atoms with van der Waals surface area (Å²) in [4.78, 5) is 10.9. The molecule has 0 amide bonds. The highest BCUT2D eigenvalue weighted by Gasteiger charge is 1.99. The molecule has 0 heterocycles. The van der Waals surface area contributed by atoms with E-state index in [0.29, 0.717) is 26.1 Å². The summed E-state index contributed by atoms with van der Waals surface area (Å²) in [6, 6.07) is 0. The molecule has 1 N–H and O–H groups in total. The van der Waals surface area contributed by atoms with Crippen molar-refractivity contribution < 1.29 is 19.4 Å². The Morgan fingerprint density at radius 1 is 1.45 bits per heavy atom. The fourth-order valence-electron chi connectivity index (χ4n) is 1.10. The van der Waals surface area contributed by atoms with Gasteiger partial charge < -0.3 is 14.6 Å². The Kier molecular flexibility index (Phi) is 12.1. The van der Waals surface area contributed by atoms with E-state index in [2.05, 4.69) is 17.8 Å². The number of carbonyl (C=O) groups is 1. The second kappa shape index (κ2) is 13.4. The zero-order chi connectivity index (χ0) is 15.1. The number of esters is 1. The van der Waals surface area contributed by atoms with Crippen molar-refractivity contribution in [1.82, 2.24) is 0 Å². The topological polar surface area (TPSA) is 55.8 Å². The van der Waals surface area contributed by atoms with Crippen LogP contribution in [0.3, 0.4) is 0 Å². The van der Waals surface area contributed by atoms with E-state index < -0.39 is 6.10 Å². The molecule has 0 bridgehead atoms. The van der Waals surface area contributed by atoms with Crippen LogP contribution in [0, 0.1) is 24.2 Å². The minimum absolute atomic E-state index is 0.0405. The molecule has 0 aromatic rings. The van der Waals surface area contributed by atoms with Crippen molar-refractivity contribution in [2.24, 2.45) is 0 Å². The smallest absolute Gasteiger partial charge is 0.332 e. The van der Waals surface area contributed by atoms with Crippen LogP contribution in [0.1, 0.15) is 19.8 Å². The zero-order valence-corrected chi connectivity index (χ0v) is 11.7. The Labute approximate surface area is 120 Å². The van der Waals surface area contributed by atoms with Crippen molar-refractivity contribution in [3.63, 3.8) is 0 Å². The number of terminal acetylenes is 1. The number of hydrogen-bond donors (Lipinski definition) is 1. The van der Waals surface area contributed by atoms with Crippen LogP contribution in [-0.2, 0) is 14.3 Å². The van der Waals surface area contributed by atoms with Gasteiger partial charge in [0.25, 0.3) is 0 Å². The molecule has 108 valence electrons. The van der Waals surface area contributed by atoms with Gasteiger partial charge in [-0.15, -0.1) is 12.3 Å². The number of rotatable bonds is 8. The predicted octanol–water partition coefficient (Wildman–Crippen LogP) is 1.46. The van der Waals surface area contributed by atoms with Crippen LogP contribution in [0.15, 0.2) is 24.3 Å². The van der Waals surface area contributed by atoms with Crippen LogP contribution in [0.4, 0.5) is 0 Å². The third-order valence-corrected chi connectivity index (χ3v) is 1.95. The molecule has 0 aromatic carbocycles. The van der Waals surface area contributed by atoms with E-state index in [-0.39, 0.29) is 12.6 Å². The minimum atomic E-state index is -0.617. The minimum Gasteiger partial charge on any atom is -0.464 e. The third kappa shape index (κ3) is 12.4. The number of aliphatic hydroxyl groups excluding tert-OH is 1. The van der Waals surface area contributed by atoms with Crippen molar-refractivity contribution in [2.45, 2.75) is 25.9 Å². The highest BCUT2D eigenvalue weighted by molar-refractivity contribution is 5.70. The van der Waals surface area contributed by atoms with Gasteiger partial charge in [-0.3, -0.25) is 0 Å². The monoisotopic (exact) mass is 276 g/mol. The van der Waals surface area contributed by atoms with E-state index in [4.69, 9.17) is 15.9 Å². The summed E-state index contributed by atoms with van der Waals surface area (Å²) in [5.41, 5.74) is 0. The lowest BCUT2D eigenvalue weighted by Gasteiger charge is -2.00. The largest absolute Gasteiger partial charge is 0.464 e. The maximum absolute atomic E-state index is 10.9. The lowest BCUT2D eigenvalue weighted by molar-refractivity contribution is -0.148. The van der Waals surface area contributed by atoms with E-state index in [1.54, 1.807) is 31.2 Å². The Balaban J connectivity index is 3.63. The summed E-state index contributed by atoms with van der Waals surface area (Å²) in [6.45, 7) is 2.45. The third-order valence-electron chi connectivity index (χ3n) is 1.95. The van der Waals surface area contributed by atoms with Gasteiger partial charge in [0.05, 0.1) is 19.3 Å². The van der Waals surface area contributed by atoms with Crippen LogP contribution in [0.25, 0.3) is 0 Å². The van der Waals surface area contributed by atoms with Gasteiger partial charge in [-0.2, -0.15) is 0 Å². The Bertz CT molecular complexity index is 418. The summed E-state index contributed by atoms with van der Waals surface area (Å²) >= 11 is 0. The molecule has 1 atom stereocenters. The lowest BCUT2D eigenvalue weighted by atomic mass is 10.2. The number of carbonyl (C=O) groups excluding carboxylic acids is 1. The Hall–Kier alpha value is -2.01. The number of aliphatic hydroxyl groups is 1. The molecule has 0 aliphatic heterocycles. The maximum Gasteiger partial charge on any atom is 0.332 e. The van der Waals surface area contributed by atoms with Crippen LogP contribution in [0.5, 0.6) is 0 Å². The van der Waals surface area contributed by atoms with Gasteiger partial charge >= 0.3 is 5.97 Å². The summed E-state index contributed by atoms with van der Waals surface area (Å²) in [5.74, 6) is 7.67. The fraction of sp³-hybridized carbons (Fsp3) is 0.438. The van der Waals surface area contributed by atoms with Gasteiger partial charge in [0.15, 0.2) is 0 Å². The van der Waals surface area contributed by atoms with E-state index in [1.165, 1.54) is 0 Å². The molecule has 0 aromatic heterocycles. The average Bonchev–Trinajstić information content (AvgIpc) is 2.41.